The van der Waals surface area contributed by atoms with Crippen molar-refractivity contribution in [2.45, 2.75) is 11.3 Å². The van der Waals surface area contributed by atoms with Gasteiger partial charge in [-0.05, 0) is 6.66 Å². The van der Waals surface area contributed by atoms with Crippen molar-refractivity contribution in [1.29, 1.82) is 0 Å². The lowest BCUT2D eigenvalue weighted by atomic mass is 10.1. The second kappa shape index (κ2) is 1.84. The van der Waals surface area contributed by atoms with Crippen LogP contribution in [0.4, 0.5) is 0 Å². The Morgan fingerprint density at radius 3 is 2.36 bits per heavy atom. The Morgan fingerprint density at radius 1 is 1.55 bits per heavy atom. The van der Waals surface area contributed by atoms with Crippen molar-refractivity contribution in [3.05, 3.63) is 0 Å². The number of hydrogen-bond acceptors (Lipinski definition) is 1. The lowest BCUT2D eigenvalue weighted by Crippen LogP contribution is -2.10. The van der Waals surface area contributed by atoms with E-state index in [-0.39, 0.29) is 11.3 Å². The van der Waals surface area contributed by atoms with Crippen LogP contribution in [0, 0.1) is 11.3 Å². The van der Waals surface area contributed by atoms with Gasteiger partial charge in [0.2, 0.25) is 0 Å². The smallest absolute Gasteiger partial charge is 0.128 e. The predicted molar refractivity (Wildman–Crippen MR) is 49.3 cm³/mol. The molecule has 1 nitrogen and oxygen atoms in total. The van der Waals surface area contributed by atoms with E-state index in [1.54, 1.807) is 0 Å². The highest BCUT2D eigenvalue weighted by atomic mass is 35.5. The molecule has 0 N–H and O–H groups in total. The Balaban J connectivity index is 2.28. The van der Waals surface area contributed by atoms with Crippen LogP contribution in [0.2, 0.25) is 0 Å². The first-order valence-electron chi connectivity index (χ1n) is 3.73. The standard InChI is InChI=1S/C7H11Cl2OP/c1-6-4-11(2,10)3-5(6)7(6,8)9/h5H,3-4H2,1-2H3. The van der Waals surface area contributed by atoms with Gasteiger partial charge in [0.1, 0.15) is 4.33 Å². The van der Waals surface area contributed by atoms with E-state index in [4.69, 9.17) is 23.2 Å². The molecule has 11 heavy (non-hydrogen) atoms. The fraction of sp³-hybridized carbons (Fsp3) is 1.00. The molecule has 0 aromatic heterocycles. The molecule has 0 amide bonds. The van der Waals surface area contributed by atoms with Crippen LogP contribution < -0.4 is 0 Å². The van der Waals surface area contributed by atoms with Crippen molar-refractivity contribution in [3.8, 4) is 0 Å². The van der Waals surface area contributed by atoms with E-state index in [0.29, 0.717) is 0 Å². The minimum Gasteiger partial charge on any atom is -0.324 e. The summed E-state index contributed by atoms with van der Waals surface area (Å²) in [5, 5.41) is 0. The summed E-state index contributed by atoms with van der Waals surface area (Å²) in [6.07, 6.45) is 1.48. The zero-order chi connectivity index (χ0) is 8.49. The molecule has 1 saturated carbocycles. The predicted octanol–water partition coefficient (Wildman–Crippen LogP) is 2.80. The van der Waals surface area contributed by atoms with Crippen molar-refractivity contribution in [1.82, 2.24) is 0 Å². The van der Waals surface area contributed by atoms with Crippen molar-refractivity contribution >= 4 is 30.3 Å². The lowest BCUT2D eigenvalue weighted by molar-refractivity contribution is 0.570. The molecular weight excluding hydrogens is 202 g/mol. The Morgan fingerprint density at radius 2 is 2.09 bits per heavy atom. The SMILES string of the molecule is CC12CP(C)(=O)CC1C2(Cl)Cl. The van der Waals surface area contributed by atoms with Crippen LogP contribution in [0.15, 0.2) is 0 Å². The van der Waals surface area contributed by atoms with Gasteiger partial charge >= 0.3 is 0 Å². The first-order chi connectivity index (χ1) is 4.80. The number of fused-ring (bicyclic) bond motifs is 1. The summed E-state index contributed by atoms with van der Waals surface area (Å²) in [7, 11) is -1.86. The molecule has 2 aliphatic rings. The molecule has 3 atom stereocenters. The summed E-state index contributed by atoms with van der Waals surface area (Å²) in [4.78, 5) is 0. The first-order valence-corrected chi connectivity index (χ1v) is 7.01. The fourth-order valence-electron chi connectivity index (χ4n) is 2.35. The third-order valence-corrected chi connectivity index (χ3v) is 6.97. The van der Waals surface area contributed by atoms with Gasteiger partial charge in [-0.15, -0.1) is 23.2 Å². The molecule has 1 aliphatic carbocycles. The van der Waals surface area contributed by atoms with E-state index in [9.17, 15) is 4.57 Å². The molecule has 0 bridgehead atoms. The Labute approximate surface area is 76.8 Å². The van der Waals surface area contributed by atoms with Crippen molar-refractivity contribution in [2.24, 2.45) is 11.3 Å². The van der Waals surface area contributed by atoms with Gasteiger partial charge < -0.3 is 4.57 Å². The van der Waals surface area contributed by atoms with Crippen molar-refractivity contribution in [3.63, 3.8) is 0 Å². The molecule has 3 unspecified atom stereocenters. The maximum atomic E-state index is 11.6. The molecule has 1 aliphatic heterocycles. The molecule has 0 aromatic rings. The molecule has 2 fully saturated rings. The third kappa shape index (κ3) is 0.884. The van der Waals surface area contributed by atoms with Gasteiger partial charge in [0.25, 0.3) is 0 Å². The van der Waals surface area contributed by atoms with Crippen molar-refractivity contribution < 1.29 is 4.57 Å². The molecule has 0 aromatic carbocycles. The first kappa shape index (κ1) is 8.41. The summed E-state index contributed by atoms with van der Waals surface area (Å²) in [5.41, 5.74) is -0.0413. The van der Waals surface area contributed by atoms with Gasteiger partial charge in [-0.25, -0.2) is 0 Å². The Hall–Kier alpha value is 0.810. The van der Waals surface area contributed by atoms with E-state index in [0.717, 1.165) is 12.3 Å². The highest BCUT2D eigenvalue weighted by Crippen LogP contribution is 2.80. The van der Waals surface area contributed by atoms with E-state index in [2.05, 4.69) is 0 Å². The molecule has 1 heterocycles. The van der Waals surface area contributed by atoms with E-state index >= 15 is 0 Å². The lowest BCUT2D eigenvalue weighted by Gasteiger charge is -2.14. The maximum absolute atomic E-state index is 11.6. The zero-order valence-electron chi connectivity index (χ0n) is 6.60. The number of hydrogen-bond donors (Lipinski definition) is 0. The quantitative estimate of drug-likeness (QED) is 0.446. The second-order valence-corrected chi connectivity index (χ2v) is 8.89. The molecule has 0 spiro atoms. The number of alkyl halides is 2. The maximum Gasteiger partial charge on any atom is 0.128 e. The summed E-state index contributed by atoms with van der Waals surface area (Å²) < 4.78 is 11.1. The van der Waals surface area contributed by atoms with Gasteiger partial charge in [0.05, 0.1) is 7.14 Å². The number of rotatable bonds is 0. The van der Waals surface area contributed by atoms with Crippen LogP contribution in [-0.2, 0) is 4.57 Å². The summed E-state index contributed by atoms with van der Waals surface area (Å²) in [6.45, 7) is 3.90. The third-order valence-electron chi connectivity index (χ3n) is 3.12. The molecule has 1 saturated heterocycles. The van der Waals surface area contributed by atoms with E-state index < -0.39 is 11.5 Å². The minimum absolute atomic E-state index is 0.0413. The highest BCUT2D eigenvalue weighted by Gasteiger charge is 2.77. The highest BCUT2D eigenvalue weighted by molar-refractivity contribution is 7.63. The minimum atomic E-state index is -1.86. The summed E-state index contributed by atoms with van der Waals surface area (Å²) in [6, 6.07) is 0. The molecule has 2 rings (SSSR count). The second-order valence-electron chi connectivity index (χ2n) is 4.23. The Bertz CT molecular complexity index is 263. The van der Waals surface area contributed by atoms with E-state index in [1.165, 1.54) is 0 Å². The van der Waals surface area contributed by atoms with Crippen LogP contribution >= 0.6 is 30.3 Å². The normalized spacial score (nSPS) is 59.1. The van der Waals surface area contributed by atoms with Crippen LogP contribution in [0.1, 0.15) is 6.92 Å². The monoisotopic (exact) mass is 212 g/mol. The average molecular weight is 213 g/mol. The zero-order valence-corrected chi connectivity index (χ0v) is 9.01. The van der Waals surface area contributed by atoms with Gasteiger partial charge in [-0.2, -0.15) is 0 Å². The fourth-order valence-corrected chi connectivity index (χ4v) is 7.11. The Kier molecular flexibility index (Phi) is 1.40. The molecular formula is C7H11Cl2OP. The largest absolute Gasteiger partial charge is 0.324 e. The van der Waals surface area contributed by atoms with Crippen LogP contribution in [0.25, 0.3) is 0 Å². The molecule has 64 valence electrons. The van der Waals surface area contributed by atoms with Crippen LogP contribution in [0.5, 0.6) is 0 Å². The van der Waals surface area contributed by atoms with Crippen LogP contribution in [0.3, 0.4) is 0 Å². The van der Waals surface area contributed by atoms with Gasteiger partial charge in [-0.3, -0.25) is 0 Å². The van der Waals surface area contributed by atoms with Gasteiger partial charge in [0, 0.05) is 23.7 Å². The number of halogens is 2. The molecule has 4 heteroatoms. The average Bonchev–Trinajstić information content (AvgIpc) is 2.18. The van der Waals surface area contributed by atoms with Crippen molar-refractivity contribution in [2.75, 3.05) is 19.0 Å². The van der Waals surface area contributed by atoms with E-state index in [1.807, 2.05) is 13.6 Å². The summed E-state index contributed by atoms with van der Waals surface area (Å²) >= 11 is 12.0. The van der Waals surface area contributed by atoms with Crippen LogP contribution in [-0.4, -0.2) is 23.3 Å². The summed E-state index contributed by atoms with van der Waals surface area (Å²) in [5.74, 6) is 0.286. The molecule has 0 radical (unpaired) electrons. The topological polar surface area (TPSA) is 17.1 Å². The van der Waals surface area contributed by atoms with Gasteiger partial charge in [0.15, 0.2) is 0 Å². The van der Waals surface area contributed by atoms with Gasteiger partial charge in [-0.1, -0.05) is 6.92 Å².